The van der Waals surface area contributed by atoms with Gasteiger partial charge in [-0.3, -0.25) is 14.0 Å². The van der Waals surface area contributed by atoms with Gasteiger partial charge in [-0.05, 0) is 53.9 Å². The van der Waals surface area contributed by atoms with Gasteiger partial charge in [0.15, 0.2) is 11.6 Å². The van der Waals surface area contributed by atoms with Crippen molar-refractivity contribution in [2.45, 2.75) is 50.3 Å². The number of benzene rings is 1. The van der Waals surface area contributed by atoms with Gasteiger partial charge < -0.3 is 5.73 Å². The van der Waals surface area contributed by atoms with Gasteiger partial charge in [0.05, 0.1) is 10.3 Å². The molecule has 0 fully saturated rings. The fourth-order valence-electron chi connectivity index (χ4n) is 2.88. The van der Waals surface area contributed by atoms with Crippen LogP contribution in [0.1, 0.15) is 38.8 Å². The SMILES string of the molecule is C=S1(=O)C[C@@](C)(c2cc(CC(=O)C(C)(F)F)cc(F)c2F)N=C(N)C1(C)C. The van der Waals surface area contributed by atoms with E-state index in [2.05, 4.69) is 10.9 Å². The van der Waals surface area contributed by atoms with Crippen LogP contribution in [0.15, 0.2) is 17.1 Å². The minimum Gasteiger partial charge on any atom is -0.386 e. The van der Waals surface area contributed by atoms with Gasteiger partial charge in [-0.1, -0.05) is 0 Å². The van der Waals surface area contributed by atoms with Crippen LogP contribution < -0.4 is 5.73 Å². The third kappa shape index (κ3) is 3.74. The molecule has 0 radical (unpaired) electrons. The van der Waals surface area contributed by atoms with Crippen molar-refractivity contribution in [2.24, 2.45) is 10.7 Å². The van der Waals surface area contributed by atoms with E-state index in [0.717, 1.165) is 6.07 Å². The maximum atomic E-state index is 14.5. The molecule has 0 amide bonds. The Bertz CT molecular complexity index is 933. The van der Waals surface area contributed by atoms with Crippen molar-refractivity contribution in [1.82, 2.24) is 0 Å². The number of carbonyl (C=O) groups excluding carboxylic acids is 1. The second-order valence-electron chi connectivity index (χ2n) is 7.66. The van der Waals surface area contributed by atoms with Crippen LogP contribution in [-0.2, 0) is 26.3 Å². The third-order valence-corrected chi connectivity index (χ3v) is 8.05. The van der Waals surface area contributed by atoms with E-state index in [1.807, 2.05) is 0 Å². The molecular weight excluding hydrogens is 384 g/mol. The summed E-state index contributed by atoms with van der Waals surface area (Å²) >= 11 is 0. The second-order valence-corrected chi connectivity index (χ2v) is 10.6. The maximum absolute atomic E-state index is 14.5. The Labute approximate surface area is 155 Å². The second kappa shape index (κ2) is 6.32. The molecule has 9 heteroatoms. The van der Waals surface area contributed by atoms with Crippen molar-refractivity contribution in [2.75, 3.05) is 5.75 Å². The predicted octanol–water partition coefficient (Wildman–Crippen LogP) is 2.81. The molecule has 1 aromatic rings. The highest BCUT2D eigenvalue weighted by molar-refractivity contribution is 8.02. The predicted molar refractivity (Wildman–Crippen MR) is 98.9 cm³/mol. The molecule has 0 saturated carbocycles. The Morgan fingerprint density at radius 3 is 2.37 bits per heavy atom. The van der Waals surface area contributed by atoms with Gasteiger partial charge in [0.1, 0.15) is 5.84 Å². The van der Waals surface area contributed by atoms with E-state index in [9.17, 15) is 26.6 Å². The lowest BCUT2D eigenvalue weighted by Crippen LogP contribution is -2.54. The smallest absolute Gasteiger partial charge is 0.302 e. The van der Waals surface area contributed by atoms with Crippen LogP contribution in [0, 0.1) is 11.6 Å². The highest BCUT2D eigenvalue weighted by Gasteiger charge is 2.46. The lowest BCUT2D eigenvalue weighted by molar-refractivity contribution is -0.139. The Balaban J connectivity index is 2.62. The summed E-state index contributed by atoms with van der Waals surface area (Å²) in [6, 6.07) is 1.78. The standard InChI is InChI=1S/C18H22F4N2O2S/c1-16(2)15(23)24-17(3,9-27(16,5)26)11-6-10(7-12(19)14(11)20)8-13(25)18(4,21)22/h6-7H,5,8-9H2,1-4H3,(H2,23,24)/t17-,27?/m0/s1. The number of carbonyl (C=O) groups is 1. The zero-order valence-electron chi connectivity index (χ0n) is 15.5. The van der Waals surface area contributed by atoms with Crippen LogP contribution in [0.5, 0.6) is 0 Å². The number of nitrogens with two attached hydrogens (primary N) is 1. The summed E-state index contributed by atoms with van der Waals surface area (Å²) in [5.41, 5.74) is 3.97. The zero-order valence-corrected chi connectivity index (χ0v) is 16.4. The van der Waals surface area contributed by atoms with Crippen molar-refractivity contribution < 1.29 is 26.6 Å². The molecule has 2 N–H and O–H groups in total. The molecule has 4 nitrogen and oxygen atoms in total. The summed E-state index contributed by atoms with van der Waals surface area (Å²) in [4.78, 5) is 15.8. The van der Waals surface area contributed by atoms with Crippen molar-refractivity contribution in [3.63, 3.8) is 0 Å². The molecule has 150 valence electrons. The summed E-state index contributed by atoms with van der Waals surface area (Å²) < 4.78 is 66.9. The lowest BCUT2D eigenvalue weighted by atomic mass is 9.90. The largest absolute Gasteiger partial charge is 0.386 e. The van der Waals surface area contributed by atoms with Crippen molar-refractivity contribution in [3.05, 3.63) is 34.9 Å². The van der Waals surface area contributed by atoms with Crippen LogP contribution in [0.25, 0.3) is 0 Å². The molecular formula is C18H22F4N2O2S. The van der Waals surface area contributed by atoms with Gasteiger partial charge in [0.25, 0.3) is 0 Å². The van der Waals surface area contributed by atoms with Gasteiger partial charge in [-0.2, -0.15) is 8.78 Å². The van der Waals surface area contributed by atoms with E-state index >= 15 is 0 Å². The molecule has 1 aromatic carbocycles. The first-order chi connectivity index (χ1) is 12.0. The number of halogens is 4. The van der Waals surface area contributed by atoms with E-state index in [1.54, 1.807) is 13.8 Å². The number of amidine groups is 1. The monoisotopic (exact) mass is 406 g/mol. The molecule has 1 heterocycles. The van der Waals surface area contributed by atoms with Gasteiger partial charge in [-0.25, -0.2) is 8.78 Å². The molecule has 2 atom stereocenters. The number of hydrogen-bond donors (Lipinski definition) is 1. The molecule has 0 spiro atoms. The van der Waals surface area contributed by atoms with Gasteiger partial charge in [0, 0.05) is 24.7 Å². The number of rotatable bonds is 4. The van der Waals surface area contributed by atoms with Crippen molar-refractivity contribution >= 4 is 27.0 Å². The maximum Gasteiger partial charge on any atom is 0.302 e. The normalized spacial score (nSPS) is 27.9. The highest BCUT2D eigenvalue weighted by Crippen LogP contribution is 2.38. The summed E-state index contributed by atoms with van der Waals surface area (Å²) in [5.74, 6) is -4.15. The summed E-state index contributed by atoms with van der Waals surface area (Å²) in [5, 5.41) is 0. The number of Topliss-reactive ketones (excluding diaryl/α,β-unsaturated/α-hetero) is 1. The van der Waals surface area contributed by atoms with E-state index in [1.165, 1.54) is 6.92 Å². The van der Waals surface area contributed by atoms with Crippen LogP contribution in [0.3, 0.4) is 0 Å². The zero-order chi connectivity index (χ0) is 21.0. The number of aliphatic imine (C=N–C) groups is 1. The molecule has 1 aliphatic rings. The van der Waals surface area contributed by atoms with Crippen molar-refractivity contribution in [3.8, 4) is 0 Å². The van der Waals surface area contributed by atoms with Gasteiger partial charge in [0.2, 0.25) is 5.78 Å². The van der Waals surface area contributed by atoms with Crippen LogP contribution >= 0.6 is 0 Å². The molecule has 1 aliphatic heterocycles. The topological polar surface area (TPSA) is 72.5 Å². The lowest BCUT2D eigenvalue weighted by Gasteiger charge is -2.41. The van der Waals surface area contributed by atoms with Crippen LogP contribution in [0.4, 0.5) is 17.6 Å². The van der Waals surface area contributed by atoms with Crippen LogP contribution in [-0.4, -0.2) is 38.1 Å². The molecule has 1 unspecified atom stereocenters. The number of hydrogen-bond acceptors (Lipinski definition) is 4. The molecule has 0 aliphatic carbocycles. The Kier molecular flexibility index (Phi) is 5.01. The average Bonchev–Trinajstić information content (AvgIpc) is 2.47. The van der Waals surface area contributed by atoms with Crippen LogP contribution in [0.2, 0.25) is 0 Å². The Morgan fingerprint density at radius 2 is 1.89 bits per heavy atom. The van der Waals surface area contributed by atoms with E-state index in [-0.39, 0.29) is 22.7 Å². The minimum atomic E-state index is -3.60. The highest BCUT2D eigenvalue weighted by atomic mass is 32.2. The first kappa shape index (κ1) is 21.4. The molecule has 0 aromatic heterocycles. The first-order valence-corrected chi connectivity index (χ1v) is 10.0. The summed E-state index contributed by atoms with van der Waals surface area (Å²) in [6.45, 7) is 5.04. The van der Waals surface area contributed by atoms with E-state index in [4.69, 9.17) is 5.73 Å². The average molecular weight is 406 g/mol. The number of ketones is 1. The summed E-state index contributed by atoms with van der Waals surface area (Å²) in [6.07, 6.45) is -0.784. The minimum absolute atomic E-state index is 0.0300. The fraction of sp³-hybridized carbons (Fsp3) is 0.500. The summed E-state index contributed by atoms with van der Waals surface area (Å²) in [7, 11) is -2.89. The first-order valence-electron chi connectivity index (χ1n) is 8.11. The Hall–Kier alpha value is -1.90. The van der Waals surface area contributed by atoms with Gasteiger partial charge >= 0.3 is 5.92 Å². The molecule has 2 rings (SSSR count). The quantitative estimate of drug-likeness (QED) is 0.617. The molecule has 0 bridgehead atoms. The number of alkyl halides is 2. The van der Waals surface area contributed by atoms with Gasteiger partial charge in [-0.15, -0.1) is 0 Å². The Morgan fingerprint density at radius 1 is 1.33 bits per heavy atom. The fourth-order valence-corrected chi connectivity index (χ4v) is 4.79. The number of nitrogens with zero attached hydrogens (tertiary/aromatic N) is 1. The molecule has 27 heavy (non-hydrogen) atoms. The third-order valence-electron chi connectivity index (χ3n) is 4.95. The van der Waals surface area contributed by atoms with E-state index in [0.29, 0.717) is 13.0 Å². The van der Waals surface area contributed by atoms with E-state index < -0.39 is 49.6 Å². The molecule has 0 saturated heterocycles. The van der Waals surface area contributed by atoms with Crippen molar-refractivity contribution in [1.29, 1.82) is 0 Å².